The number of hydrogen-bond donors (Lipinski definition) is 2. The van der Waals surface area contributed by atoms with Gasteiger partial charge < -0.3 is 0 Å². The maximum Gasteiger partial charge on any atom is 0.0802 e. The fraction of sp³-hybridized carbons (Fsp3) is 0.167. The van der Waals surface area contributed by atoms with Gasteiger partial charge in [0.15, 0.2) is 0 Å². The molecule has 1 heterocycles. The SMILES string of the molecule is Cc1ccc(C(NN)c2cc(Br)cs2)cc1. The molecule has 0 amide bonds. The van der Waals surface area contributed by atoms with E-state index in [0.29, 0.717) is 0 Å². The maximum absolute atomic E-state index is 5.63. The first-order chi connectivity index (χ1) is 7.70. The normalized spacial score (nSPS) is 12.7. The predicted octanol–water partition coefficient (Wildman–Crippen LogP) is 3.37. The number of aryl methyl sites for hydroxylation is 1. The van der Waals surface area contributed by atoms with E-state index in [2.05, 4.69) is 64.0 Å². The quantitative estimate of drug-likeness (QED) is 0.673. The van der Waals surface area contributed by atoms with Crippen molar-refractivity contribution >= 4 is 27.3 Å². The third kappa shape index (κ3) is 2.52. The number of hydrogen-bond acceptors (Lipinski definition) is 3. The van der Waals surface area contributed by atoms with Gasteiger partial charge in [0.05, 0.1) is 6.04 Å². The van der Waals surface area contributed by atoms with Gasteiger partial charge in [-0.1, -0.05) is 29.8 Å². The summed E-state index contributed by atoms with van der Waals surface area (Å²) in [5.74, 6) is 5.63. The zero-order valence-corrected chi connectivity index (χ0v) is 11.3. The summed E-state index contributed by atoms with van der Waals surface area (Å²) in [6, 6.07) is 10.6. The first kappa shape index (κ1) is 11.8. The van der Waals surface area contributed by atoms with Gasteiger partial charge >= 0.3 is 0 Å². The Morgan fingerprint density at radius 2 is 2.00 bits per heavy atom. The van der Waals surface area contributed by atoms with Crippen molar-refractivity contribution in [3.8, 4) is 0 Å². The van der Waals surface area contributed by atoms with Gasteiger partial charge in [0, 0.05) is 14.7 Å². The van der Waals surface area contributed by atoms with Crippen LogP contribution in [0, 0.1) is 6.92 Å². The van der Waals surface area contributed by atoms with Crippen LogP contribution < -0.4 is 11.3 Å². The predicted molar refractivity (Wildman–Crippen MR) is 72.4 cm³/mol. The van der Waals surface area contributed by atoms with Gasteiger partial charge in [-0.3, -0.25) is 5.84 Å². The van der Waals surface area contributed by atoms with Crippen molar-refractivity contribution in [1.29, 1.82) is 0 Å². The molecule has 2 nitrogen and oxygen atoms in total. The van der Waals surface area contributed by atoms with E-state index in [1.165, 1.54) is 16.0 Å². The smallest absolute Gasteiger partial charge is 0.0802 e. The summed E-state index contributed by atoms with van der Waals surface area (Å²) >= 11 is 5.15. The van der Waals surface area contributed by atoms with E-state index in [0.717, 1.165) is 4.47 Å². The second-order valence-corrected chi connectivity index (χ2v) is 5.54. The van der Waals surface area contributed by atoms with E-state index in [9.17, 15) is 0 Å². The number of benzene rings is 1. The summed E-state index contributed by atoms with van der Waals surface area (Å²) < 4.78 is 1.10. The molecule has 1 atom stereocenters. The lowest BCUT2D eigenvalue weighted by Gasteiger charge is -2.14. The summed E-state index contributed by atoms with van der Waals surface area (Å²) in [4.78, 5) is 1.21. The van der Waals surface area contributed by atoms with Crippen LogP contribution in [0.25, 0.3) is 0 Å². The number of nitrogens with two attached hydrogens (primary N) is 1. The second-order valence-electron chi connectivity index (χ2n) is 3.68. The van der Waals surface area contributed by atoms with Crippen molar-refractivity contribution in [1.82, 2.24) is 5.43 Å². The third-order valence-electron chi connectivity index (χ3n) is 2.45. The number of halogens is 1. The molecular weight excluding hydrogens is 284 g/mol. The monoisotopic (exact) mass is 296 g/mol. The number of hydrazine groups is 1. The Morgan fingerprint density at radius 1 is 1.31 bits per heavy atom. The number of rotatable bonds is 3. The van der Waals surface area contributed by atoms with Gasteiger partial charge in [-0.2, -0.15) is 0 Å². The van der Waals surface area contributed by atoms with Crippen LogP contribution in [0.4, 0.5) is 0 Å². The summed E-state index contributed by atoms with van der Waals surface area (Å²) in [6.45, 7) is 2.08. The summed E-state index contributed by atoms with van der Waals surface area (Å²) in [5, 5.41) is 2.06. The van der Waals surface area contributed by atoms with Crippen LogP contribution in [-0.2, 0) is 0 Å². The van der Waals surface area contributed by atoms with Gasteiger partial charge in [-0.05, 0) is 34.5 Å². The molecular formula is C12H13BrN2S. The molecule has 0 saturated heterocycles. The van der Waals surface area contributed by atoms with Crippen LogP contribution >= 0.6 is 27.3 Å². The molecule has 0 radical (unpaired) electrons. The van der Waals surface area contributed by atoms with E-state index < -0.39 is 0 Å². The molecule has 0 aliphatic heterocycles. The summed E-state index contributed by atoms with van der Waals surface area (Å²) in [5.41, 5.74) is 5.30. The van der Waals surface area contributed by atoms with Crippen molar-refractivity contribution < 1.29 is 0 Å². The molecule has 0 aliphatic rings. The molecule has 0 spiro atoms. The van der Waals surface area contributed by atoms with Crippen LogP contribution in [0.3, 0.4) is 0 Å². The highest BCUT2D eigenvalue weighted by molar-refractivity contribution is 9.10. The number of thiophene rings is 1. The molecule has 0 bridgehead atoms. The Morgan fingerprint density at radius 3 is 2.50 bits per heavy atom. The molecule has 3 N–H and O–H groups in total. The van der Waals surface area contributed by atoms with Gasteiger partial charge in [0.2, 0.25) is 0 Å². The van der Waals surface area contributed by atoms with Crippen LogP contribution in [0.1, 0.15) is 22.0 Å². The topological polar surface area (TPSA) is 38.0 Å². The minimum Gasteiger partial charge on any atom is -0.271 e. The lowest BCUT2D eigenvalue weighted by Crippen LogP contribution is -2.28. The fourth-order valence-electron chi connectivity index (χ4n) is 1.58. The number of nitrogens with one attached hydrogen (secondary N) is 1. The molecule has 4 heteroatoms. The zero-order valence-electron chi connectivity index (χ0n) is 8.91. The third-order valence-corrected chi connectivity index (χ3v) is 4.21. The maximum atomic E-state index is 5.63. The van der Waals surface area contributed by atoms with Gasteiger partial charge in [0.1, 0.15) is 0 Å². The van der Waals surface area contributed by atoms with Crippen molar-refractivity contribution in [3.63, 3.8) is 0 Å². The van der Waals surface area contributed by atoms with E-state index in [-0.39, 0.29) is 6.04 Å². The van der Waals surface area contributed by atoms with Crippen molar-refractivity contribution in [3.05, 3.63) is 56.2 Å². The summed E-state index contributed by atoms with van der Waals surface area (Å²) in [7, 11) is 0. The molecule has 1 unspecified atom stereocenters. The molecule has 0 saturated carbocycles. The molecule has 16 heavy (non-hydrogen) atoms. The molecule has 1 aromatic carbocycles. The van der Waals surface area contributed by atoms with E-state index in [4.69, 9.17) is 5.84 Å². The van der Waals surface area contributed by atoms with E-state index >= 15 is 0 Å². The molecule has 0 fully saturated rings. The highest BCUT2D eigenvalue weighted by atomic mass is 79.9. The fourth-order valence-corrected chi connectivity index (χ4v) is 3.11. The van der Waals surface area contributed by atoms with Crippen molar-refractivity contribution in [2.24, 2.45) is 5.84 Å². The van der Waals surface area contributed by atoms with Crippen LogP contribution in [0.2, 0.25) is 0 Å². The second kappa shape index (κ2) is 5.10. The molecule has 0 aliphatic carbocycles. The Hall–Kier alpha value is -0.680. The Labute approximate surface area is 108 Å². The zero-order chi connectivity index (χ0) is 11.5. The van der Waals surface area contributed by atoms with E-state index in [1.807, 2.05) is 0 Å². The largest absolute Gasteiger partial charge is 0.271 e. The minimum atomic E-state index is 0.0666. The van der Waals surface area contributed by atoms with Crippen LogP contribution in [0.5, 0.6) is 0 Å². The average Bonchev–Trinajstić information content (AvgIpc) is 2.69. The van der Waals surface area contributed by atoms with E-state index in [1.54, 1.807) is 11.3 Å². The molecule has 1 aromatic heterocycles. The lowest BCUT2D eigenvalue weighted by molar-refractivity contribution is 0.646. The van der Waals surface area contributed by atoms with Gasteiger partial charge in [-0.15, -0.1) is 11.3 Å². The van der Waals surface area contributed by atoms with Crippen molar-refractivity contribution in [2.75, 3.05) is 0 Å². The average molecular weight is 297 g/mol. The first-order valence-corrected chi connectivity index (χ1v) is 6.64. The standard InChI is InChI=1S/C12H13BrN2S/c1-8-2-4-9(5-3-8)12(15-14)11-6-10(13)7-16-11/h2-7,12,15H,14H2,1H3. The Bertz CT molecular complexity index is 464. The van der Waals surface area contributed by atoms with Crippen molar-refractivity contribution in [2.45, 2.75) is 13.0 Å². The minimum absolute atomic E-state index is 0.0666. The molecule has 2 aromatic rings. The van der Waals surface area contributed by atoms with Gasteiger partial charge in [0.25, 0.3) is 0 Å². The highest BCUT2D eigenvalue weighted by Crippen LogP contribution is 2.29. The Balaban J connectivity index is 2.32. The van der Waals surface area contributed by atoms with Gasteiger partial charge in [-0.25, -0.2) is 5.43 Å². The molecule has 84 valence electrons. The van der Waals surface area contributed by atoms with Crippen LogP contribution in [-0.4, -0.2) is 0 Å². The molecule has 2 rings (SSSR count). The lowest BCUT2D eigenvalue weighted by atomic mass is 10.0. The highest BCUT2D eigenvalue weighted by Gasteiger charge is 2.13. The Kier molecular flexibility index (Phi) is 3.76. The van der Waals surface area contributed by atoms with Crippen LogP contribution in [0.15, 0.2) is 40.2 Å². The summed E-state index contributed by atoms with van der Waals surface area (Å²) in [6.07, 6.45) is 0. The first-order valence-electron chi connectivity index (χ1n) is 4.97.